The van der Waals surface area contributed by atoms with Gasteiger partial charge in [0.15, 0.2) is 5.65 Å². The van der Waals surface area contributed by atoms with Crippen molar-refractivity contribution >= 4 is 22.6 Å². The van der Waals surface area contributed by atoms with E-state index in [1.807, 2.05) is 48.8 Å². The van der Waals surface area contributed by atoms with Crippen molar-refractivity contribution in [2.45, 2.75) is 51.0 Å². The van der Waals surface area contributed by atoms with Crippen LogP contribution in [-0.2, 0) is 20.6 Å². The lowest BCUT2D eigenvalue weighted by Gasteiger charge is -2.08. The third-order valence-electron chi connectivity index (χ3n) is 6.38. The highest BCUT2D eigenvalue weighted by molar-refractivity contribution is 6.12. The monoisotopic (exact) mass is 430 g/mol. The number of hydrogen-bond donors (Lipinski definition) is 1. The second-order valence-electron chi connectivity index (χ2n) is 9.14. The van der Waals surface area contributed by atoms with Gasteiger partial charge in [-0.15, -0.1) is 0 Å². The average Bonchev–Trinajstić information content (AvgIpc) is 3.68. The summed E-state index contributed by atoms with van der Waals surface area (Å²) >= 11 is 0. The summed E-state index contributed by atoms with van der Waals surface area (Å²) in [5.74, 6) is 0.756. The number of anilines is 1. The maximum Gasteiger partial charge on any atom is 0.256 e. The van der Waals surface area contributed by atoms with E-state index in [0.717, 1.165) is 59.4 Å². The molecule has 0 aliphatic heterocycles. The van der Waals surface area contributed by atoms with Gasteiger partial charge < -0.3 is 5.32 Å². The number of hydrogen-bond acceptors (Lipinski definition) is 5. The van der Waals surface area contributed by atoms with Gasteiger partial charge in [-0.25, -0.2) is 4.98 Å². The number of nitrogens with zero attached hydrogens (tertiary/aromatic N) is 7. The molecule has 1 amide bonds. The Morgan fingerprint density at radius 2 is 1.91 bits per heavy atom. The molecule has 164 valence electrons. The molecule has 0 spiro atoms. The number of carbonyl (C=O) groups excluding carboxylic acids is 1. The smallest absolute Gasteiger partial charge is 0.256 e. The van der Waals surface area contributed by atoms with Crippen LogP contribution >= 0.6 is 0 Å². The van der Waals surface area contributed by atoms with Gasteiger partial charge in [-0.3, -0.25) is 18.8 Å². The minimum atomic E-state index is -0.133. The van der Waals surface area contributed by atoms with Crippen LogP contribution in [-0.4, -0.2) is 40.2 Å². The Labute approximate surface area is 185 Å². The lowest BCUT2D eigenvalue weighted by atomic mass is 10.0. The first-order chi connectivity index (χ1) is 15.5. The highest BCUT2D eigenvalue weighted by Crippen LogP contribution is 2.45. The Hall–Kier alpha value is -3.49. The Morgan fingerprint density at radius 3 is 2.59 bits per heavy atom. The largest absolute Gasteiger partial charge is 0.319 e. The zero-order valence-electron chi connectivity index (χ0n) is 18.5. The highest BCUT2D eigenvalue weighted by Gasteiger charge is 2.33. The molecule has 4 aromatic heterocycles. The summed E-state index contributed by atoms with van der Waals surface area (Å²) in [6.07, 6.45) is 10.0. The summed E-state index contributed by atoms with van der Waals surface area (Å²) in [6, 6.07) is 1.98. The van der Waals surface area contributed by atoms with Gasteiger partial charge in [0.25, 0.3) is 5.91 Å². The topological polar surface area (TPSA) is 95.5 Å². The number of nitrogens with one attached hydrogen (secondary N) is 1. The van der Waals surface area contributed by atoms with Crippen molar-refractivity contribution in [1.29, 1.82) is 0 Å². The molecule has 0 radical (unpaired) electrons. The van der Waals surface area contributed by atoms with E-state index < -0.39 is 0 Å². The molecule has 0 atom stereocenters. The van der Waals surface area contributed by atoms with Crippen LogP contribution in [0.4, 0.5) is 5.69 Å². The lowest BCUT2D eigenvalue weighted by molar-refractivity contribution is 0.102. The van der Waals surface area contributed by atoms with E-state index in [-0.39, 0.29) is 5.91 Å². The van der Waals surface area contributed by atoms with Gasteiger partial charge in [-0.2, -0.15) is 15.3 Å². The van der Waals surface area contributed by atoms with Crippen LogP contribution in [0.2, 0.25) is 0 Å². The summed E-state index contributed by atoms with van der Waals surface area (Å²) in [4.78, 5) is 18.3. The van der Waals surface area contributed by atoms with Crippen LogP contribution in [0, 0.1) is 6.92 Å². The second kappa shape index (κ2) is 7.01. The second-order valence-corrected chi connectivity index (χ2v) is 9.14. The summed E-state index contributed by atoms with van der Waals surface area (Å²) in [6.45, 7) is 2.59. The molecule has 4 aromatic rings. The summed E-state index contributed by atoms with van der Waals surface area (Å²) in [5.41, 5.74) is 6.23. The molecule has 0 bridgehead atoms. The first-order valence-corrected chi connectivity index (χ1v) is 11.2. The van der Waals surface area contributed by atoms with Crippen molar-refractivity contribution in [1.82, 2.24) is 34.3 Å². The van der Waals surface area contributed by atoms with E-state index in [4.69, 9.17) is 10.1 Å². The number of pyridine rings is 1. The van der Waals surface area contributed by atoms with E-state index in [9.17, 15) is 4.79 Å². The van der Waals surface area contributed by atoms with Gasteiger partial charge in [0, 0.05) is 49.6 Å². The van der Waals surface area contributed by atoms with Crippen LogP contribution in [0.1, 0.15) is 70.5 Å². The Bertz CT molecular complexity index is 1350. The number of rotatable bonds is 6. The first-order valence-electron chi connectivity index (χ1n) is 11.2. The standard InChI is InChI=1S/C23H26N8O/c1-13-16(10-29(2)27-13)11-31-12-17(9-24-31)25-23(32)18-8-19(14-4-5-14)26-22-20(18)21(15-6-7-15)28-30(22)3/h8-10,12,14-15H,4-7,11H2,1-3H3,(H,25,32). The predicted molar refractivity (Wildman–Crippen MR) is 120 cm³/mol. The van der Waals surface area contributed by atoms with Crippen molar-refractivity contribution in [3.8, 4) is 0 Å². The van der Waals surface area contributed by atoms with Crippen LogP contribution in [0.3, 0.4) is 0 Å². The minimum absolute atomic E-state index is 0.133. The Morgan fingerprint density at radius 1 is 1.12 bits per heavy atom. The molecule has 2 fully saturated rings. The maximum atomic E-state index is 13.4. The third-order valence-corrected chi connectivity index (χ3v) is 6.38. The average molecular weight is 431 g/mol. The van der Waals surface area contributed by atoms with E-state index in [0.29, 0.717) is 29.6 Å². The van der Waals surface area contributed by atoms with E-state index in [1.54, 1.807) is 10.9 Å². The fourth-order valence-electron chi connectivity index (χ4n) is 4.40. The van der Waals surface area contributed by atoms with E-state index >= 15 is 0 Å². The number of carbonyl (C=O) groups is 1. The van der Waals surface area contributed by atoms with Gasteiger partial charge in [0.2, 0.25) is 0 Å². The number of fused-ring (bicyclic) bond motifs is 1. The summed E-state index contributed by atoms with van der Waals surface area (Å²) < 4.78 is 5.45. The molecule has 2 saturated carbocycles. The zero-order chi connectivity index (χ0) is 22.0. The van der Waals surface area contributed by atoms with Crippen molar-refractivity contribution in [2.24, 2.45) is 14.1 Å². The molecule has 6 rings (SSSR count). The molecule has 9 heteroatoms. The molecule has 1 N–H and O–H groups in total. The number of aryl methyl sites for hydroxylation is 3. The van der Waals surface area contributed by atoms with Crippen molar-refractivity contribution < 1.29 is 4.79 Å². The summed E-state index contributed by atoms with van der Waals surface area (Å²) in [5, 5.41) is 17.5. The SMILES string of the molecule is Cc1nn(C)cc1Cn1cc(NC(=O)c2cc(C3CC3)nc3c2c(C2CC2)nn3C)cn1. The van der Waals surface area contributed by atoms with Gasteiger partial charge >= 0.3 is 0 Å². The molecule has 0 unspecified atom stereocenters. The van der Waals surface area contributed by atoms with Gasteiger partial charge in [-0.1, -0.05) is 0 Å². The molecule has 4 heterocycles. The molecule has 32 heavy (non-hydrogen) atoms. The van der Waals surface area contributed by atoms with Gasteiger partial charge in [-0.05, 0) is 38.7 Å². The lowest BCUT2D eigenvalue weighted by Crippen LogP contribution is -2.13. The third kappa shape index (κ3) is 3.37. The Kier molecular flexibility index (Phi) is 4.21. The van der Waals surface area contributed by atoms with Crippen molar-refractivity contribution in [3.63, 3.8) is 0 Å². The Balaban J connectivity index is 1.31. The fraction of sp³-hybridized carbons (Fsp3) is 0.435. The highest BCUT2D eigenvalue weighted by atomic mass is 16.1. The van der Waals surface area contributed by atoms with E-state index in [1.165, 1.54) is 0 Å². The van der Waals surface area contributed by atoms with Gasteiger partial charge in [0.1, 0.15) is 0 Å². The molecule has 2 aliphatic rings. The first kappa shape index (κ1) is 19.2. The van der Waals surface area contributed by atoms with Crippen LogP contribution in [0.15, 0.2) is 24.7 Å². The van der Waals surface area contributed by atoms with Gasteiger partial charge in [0.05, 0.1) is 40.8 Å². The quantitative estimate of drug-likeness (QED) is 0.507. The van der Waals surface area contributed by atoms with E-state index in [2.05, 4.69) is 15.5 Å². The molecule has 0 saturated heterocycles. The fourth-order valence-corrected chi connectivity index (χ4v) is 4.40. The number of aromatic nitrogens is 7. The molecule has 9 nitrogen and oxygen atoms in total. The van der Waals surface area contributed by atoms with Crippen LogP contribution in [0.25, 0.3) is 11.0 Å². The zero-order valence-corrected chi connectivity index (χ0v) is 18.5. The number of amides is 1. The van der Waals surface area contributed by atoms with Crippen LogP contribution < -0.4 is 5.32 Å². The van der Waals surface area contributed by atoms with Crippen molar-refractivity contribution in [3.05, 3.63) is 52.9 Å². The molecule has 0 aromatic carbocycles. The van der Waals surface area contributed by atoms with Crippen molar-refractivity contribution in [2.75, 3.05) is 5.32 Å². The molecular weight excluding hydrogens is 404 g/mol. The molecule has 2 aliphatic carbocycles. The van der Waals surface area contributed by atoms with Crippen LogP contribution in [0.5, 0.6) is 0 Å². The molecular formula is C23H26N8O. The maximum absolute atomic E-state index is 13.4. The normalized spacial score (nSPS) is 16.1. The minimum Gasteiger partial charge on any atom is -0.319 e. The summed E-state index contributed by atoms with van der Waals surface area (Å²) in [7, 11) is 3.83. The predicted octanol–water partition coefficient (Wildman–Crippen LogP) is 3.26.